The van der Waals surface area contributed by atoms with Gasteiger partial charge < -0.3 is 15.3 Å². The number of carbonyl (C=O) groups excluding carboxylic acids is 2. The van der Waals surface area contributed by atoms with Crippen LogP contribution in [0.5, 0.6) is 0 Å². The molecule has 1 aromatic rings. The fourth-order valence-electron chi connectivity index (χ4n) is 3.35. The van der Waals surface area contributed by atoms with Gasteiger partial charge in [0, 0.05) is 17.5 Å². The van der Waals surface area contributed by atoms with Gasteiger partial charge in [-0.1, -0.05) is 30.1 Å². The molecule has 1 aliphatic carbocycles. The van der Waals surface area contributed by atoms with Crippen LogP contribution in [0.25, 0.3) is 0 Å². The summed E-state index contributed by atoms with van der Waals surface area (Å²) in [6.45, 7) is 2.69. The van der Waals surface area contributed by atoms with Crippen molar-refractivity contribution in [3.05, 3.63) is 33.8 Å². The van der Waals surface area contributed by atoms with Crippen LogP contribution in [0.3, 0.4) is 0 Å². The molecule has 0 radical (unpaired) electrons. The number of carbonyl (C=O) groups is 2. The molecule has 2 fully saturated rings. The average Bonchev–Trinajstić information content (AvgIpc) is 3.34. The molecule has 1 heterocycles. The fraction of sp³-hybridized carbons (Fsp3) is 0.529. The molecule has 24 heavy (non-hydrogen) atoms. The SMILES string of the molecule is CC1CN(C(=O)CNC(=O)c2cc(Cl)ccc2Cl)C[C@@]1(O)C1CC1. The zero-order chi connectivity index (χ0) is 17.5. The molecule has 2 aliphatic rings. The van der Waals surface area contributed by atoms with E-state index in [1.165, 1.54) is 6.07 Å². The number of amides is 2. The molecule has 5 nitrogen and oxygen atoms in total. The van der Waals surface area contributed by atoms with Gasteiger partial charge in [0.15, 0.2) is 0 Å². The Balaban J connectivity index is 1.58. The molecule has 0 bridgehead atoms. The minimum Gasteiger partial charge on any atom is -0.387 e. The predicted molar refractivity (Wildman–Crippen MR) is 92.2 cm³/mol. The topological polar surface area (TPSA) is 69.6 Å². The maximum absolute atomic E-state index is 12.4. The van der Waals surface area contributed by atoms with Crippen molar-refractivity contribution in [2.75, 3.05) is 19.6 Å². The molecule has 2 amide bonds. The monoisotopic (exact) mass is 370 g/mol. The Morgan fingerprint density at radius 1 is 1.38 bits per heavy atom. The lowest BCUT2D eigenvalue weighted by atomic mass is 9.88. The molecule has 0 spiro atoms. The van der Waals surface area contributed by atoms with Crippen LogP contribution in [-0.4, -0.2) is 47.1 Å². The van der Waals surface area contributed by atoms with Crippen molar-refractivity contribution >= 4 is 35.0 Å². The number of nitrogens with zero attached hydrogens (tertiary/aromatic N) is 1. The van der Waals surface area contributed by atoms with Crippen LogP contribution >= 0.6 is 23.2 Å². The number of aliphatic hydroxyl groups is 1. The summed E-state index contributed by atoms with van der Waals surface area (Å²) in [4.78, 5) is 26.2. The van der Waals surface area contributed by atoms with Gasteiger partial charge in [0.2, 0.25) is 5.91 Å². The lowest BCUT2D eigenvalue weighted by molar-refractivity contribution is -0.130. The highest BCUT2D eigenvalue weighted by Gasteiger charge is 2.53. The van der Waals surface area contributed by atoms with Crippen LogP contribution < -0.4 is 5.32 Å². The number of nitrogens with one attached hydrogen (secondary N) is 1. The van der Waals surface area contributed by atoms with Gasteiger partial charge in [-0.05, 0) is 37.0 Å². The minimum atomic E-state index is -0.782. The van der Waals surface area contributed by atoms with Crippen LogP contribution in [-0.2, 0) is 4.79 Å². The van der Waals surface area contributed by atoms with Gasteiger partial charge in [0.05, 0.1) is 29.3 Å². The minimum absolute atomic E-state index is 0.0482. The van der Waals surface area contributed by atoms with E-state index in [1.807, 2.05) is 6.92 Å². The Labute approximate surface area is 150 Å². The number of hydrogen-bond acceptors (Lipinski definition) is 3. The molecule has 130 valence electrons. The van der Waals surface area contributed by atoms with Crippen molar-refractivity contribution in [3.8, 4) is 0 Å². The van der Waals surface area contributed by atoms with Crippen LogP contribution in [0.2, 0.25) is 10.0 Å². The summed E-state index contributed by atoms with van der Waals surface area (Å²) < 4.78 is 0. The average molecular weight is 371 g/mol. The Bertz CT molecular complexity index is 678. The number of β-amino-alcohol motifs (C(OH)–C–C–N with tert-alkyl or cyclic N) is 1. The number of halogens is 2. The zero-order valence-corrected chi connectivity index (χ0v) is 14.9. The largest absolute Gasteiger partial charge is 0.387 e. The maximum atomic E-state index is 12.4. The molecular weight excluding hydrogens is 351 g/mol. The first-order valence-corrected chi connectivity index (χ1v) is 8.80. The molecule has 1 aromatic carbocycles. The summed E-state index contributed by atoms with van der Waals surface area (Å²) in [6, 6.07) is 4.60. The maximum Gasteiger partial charge on any atom is 0.253 e. The van der Waals surface area contributed by atoms with Crippen LogP contribution in [0, 0.1) is 11.8 Å². The number of benzene rings is 1. The Morgan fingerprint density at radius 3 is 2.75 bits per heavy atom. The summed E-state index contributed by atoms with van der Waals surface area (Å²) in [5.41, 5.74) is -0.545. The van der Waals surface area contributed by atoms with Gasteiger partial charge in [-0.25, -0.2) is 0 Å². The molecule has 1 saturated heterocycles. The summed E-state index contributed by atoms with van der Waals surface area (Å²) in [5, 5.41) is 14.0. The Hall–Kier alpha value is -1.30. The number of likely N-dealkylation sites (tertiary alicyclic amines) is 1. The first-order valence-electron chi connectivity index (χ1n) is 8.04. The predicted octanol–water partition coefficient (Wildman–Crippen LogP) is 2.34. The van der Waals surface area contributed by atoms with Gasteiger partial charge >= 0.3 is 0 Å². The Kier molecular flexibility index (Phi) is 4.78. The fourth-order valence-corrected chi connectivity index (χ4v) is 3.73. The first kappa shape index (κ1) is 17.5. The second-order valence-electron chi connectivity index (χ2n) is 6.75. The van der Waals surface area contributed by atoms with Crippen molar-refractivity contribution in [2.24, 2.45) is 11.8 Å². The van der Waals surface area contributed by atoms with Gasteiger partial charge in [-0.15, -0.1) is 0 Å². The Morgan fingerprint density at radius 2 is 2.08 bits per heavy atom. The van der Waals surface area contributed by atoms with Crippen LogP contribution in [0.4, 0.5) is 0 Å². The third-order valence-corrected chi connectivity index (χ3v) is 5.57. The molecule has 1 saturated carbocycles. The summed E-state index contributed by atoms with van der Waals surface area (Å²) in [5.74, 6) is -0.303. The smallest absolute Gasteiger partial charge is 0.253 e. The molecule has 2 atom stereocenters. The van der Waals surface area contributed by atoms with E-state index in [4.69, 9.17) is 23.2 Å². The number of rotatable bonds is 4. The lowest BCUT2D eigenvalue weighted by Crippen LogP contribution is -2.43. The second kappa shape index (κ2) is 6.54. The number of hydrogen-bond donors (Lipinski definition) is 2. The molecule has 2 N–H and O–H groups in total. The van der Waals surface area contributed by atoms with Crippen LogP contribution in [0.1, 0.15) is 30.1 Å². The lowest BCUT2D eigenvalue weighted by Gasteiger charge is -2.26. The van der Waals surface area contributed by atoms with Crippen molar-refractivity contribution in [1.29, 1.82) is 0 Å². The normalized spacial score (nSPS) is 26.5. The standard InChI is InChI=1S/C17H20Cl2N2O3/c1-10-8-21(9-17(10,24)11-2-3-11)15(22)7-20-16(23)13-6-12(18)4-5-14(13)19/h4-6,10-11,24H,2-3,7-9H2,1H3,(H,20,23)/t10?,17-/m0/s1. The summed E-state index contributed by atoms with van der Waals surface area (Å²) >= 11 is 11.9. The van der Waals surface area contributed by atoms with E-state index in [2.05, 4.69) is 5.32 Å². The first-order chi connectivity index (χ1) is 11.3. The van der Waals surface area contributed by atoms with E-state index in [0.717, 1.165) is 12.8 Å². The van der Waals surface area contributed by atoms with Crippen molar-refractivity contribution in [2.45, 2.75) is 25.4 Å². The molecule has 3 rings (SSSR count). The van der Waals surface area contributed by atoms with E-state index in [0.29, 0.717) is 24.0 Å². The second-order valence-corrected chi connectivity index (χ2v) is 7.59. The van der Waals surface area contributed by atoms with E-state index in [9.17, 15) is 14.7 Å². The third kappa shape index (κ3) is 3.39. The van der Waals surface area contributed by atoms with Gasteiger partial charge in [0.25, 0.3) is 5.91 Å². The highest BCUT2D eigenvalue weighted by molar-refractivity contribution is 6.35. The third-order valence-electron chi connectivity index (χ3n) is 5.00. The molecule has 0 aromatic heterocycles. The summed E-state index contributed by atoms with van der Waals surface area (Å²) in [6.07, 6.45) is 2.04. The summed E-state index contributed by atoms with van der Waals surface area (Å²) in [7, 11) is 0. The highest BCUT2D eigenvalue weighted by Crippen LogP contribution is 2.46. The van der Waals surface area contributed by atoms with Gasteiger partial charge in [-0.3, -0.25) is 9.59 Å². The molecular formula is C17H20Cl2N2O3. The van der Waals surface area contributed by atoms with Crippen molar-refractivity contribution in [3.63, 3.8) is 0 Å². The van der Waals surface area contributed by atoms with Crippen molar-refractivity contribution < 1.29 is 14.7 Å². The van der Waals surface area contributed by atoms with Crippen molar-refractivity contribution in [1.82, 2.24) is 10.2 Å². The molecule has 1 unspecified atom stereocenters. The quantitative estimate of drug-likeness (QED) is 0.854. The molecule has 1 aliphatic heterocycles. The van der Waals surface area contributed by atoms with Crippen LogP contribution in [0.15, 0.2) is 18.2 Å². The van der Waals surface area contributed by atoms with E-state index in [-0.39, 0.29) is 29.0 Å². The van der Waals surface area contributed by atoms with Gasteiger partial charge in [0.1, 0.15) is 0 Å². The van der Waals surface area contributed by atoms with E-state index >= 15 is 0 Å². The molecule has 7 heteroatoms. The zero-order valence-electron chi connectivity index (χ0n) is 13.4. The van der Waals surface area contributed by atoms with E-state index in [1.54, 1.807) is 17.0 Å². The van der Waals surface area contributed by atoms with E-state index < -0.39 is 11.5 Å². The van der Waals surface area contributed by atoms with Gasteiger partial charge in [-0.2, -0.15) is 0 Å². The highest BCUT2D eigenvalue weighted by atomic mass is 35.5.